The van der Waals surface area contributed by atoms with Gasteiger partial charge in [-0.1, -0.05) is 36.4 Å². The molecule has 2 heterocycles. The van der Waals surface area contributed by atoms with Crippen molar-refractivity contribution in [2.75, 3.05) is 6.54 Å². The van der Waals surface area contributed by atoms with E-state index in [4.69, 9.17) is 0 Å². The fourth-order valence-electron chi connectivity index (χ4n) is 4.17. The standard InChI is InChI=1S/C23H25N3O2/c1-17-10-11-19(15-18(17)2)23-22-9-5-12-24(22)13-6-14-25(23)16-20-7-3-4-8-21(20)26(27)28/h3-5,7-12,15,23H,6,13-14,16H2,1-2H3/t23-/m1/s1. The number of aryl methyl sites for hydroxylation is 3. The summed E-state index contributed by atoms with van der Waals surface area (Å²) in [5.41, 5.74) is 5.99. The molecule has 0 unspecified atom stereocenters. The van der Waals surface area contributed by atoms with Crippen LogP contribution in [-0.2, 0) is 13.1 Å². The van der Waals surface area contributed by atoms with E-state index in [1.54, 1.807) is 12.1 Å². The highest BCUT2D eigenvalue weighted by Crippen LogP contribution is 2.35. The van der Waals surface area contributed by atoms with Gasteiger partial charge in [0.25, 0.3) is 5.69 Å². The van der Waals surface area contributed by atoms with Crippen LogP contribution in [0.15, 0.2) is 60.8 Å². The van der Waals surface area contributed by atoms with Crippen molar-refractivity contribution in [2.24, 2.45) is 0 Å². The number of rotatable bonds is 4. The summed E-state index contributed by atoms with van der Waals surface area (Å²) in [4.78, 5) is 13.6. The summed E-state index contributed by atoms with van der Waals surface area (Å²) in [6.45, 7) is 6.68. The lowest BCUT2D eigenvalue weighted by Crippen LogP contribution is -2.29. The van der Waals surface area contributed by atoms with E-state index in [1.165, 1.54) is 22.4 Å². The topological polar surface area (TPSA) is 51.3 Å². The average molecular weight is 375 g/mol. The molecule has 5 nitrogen and oxygen atoms in total. The average Bonchev–Trinajstić information content (AvgIpc) is 3.06. The van der Waals surface area contributed by atoms with Gasteiger partial charge in [-0.25, -0.2) is 0 Å². The van der Waals surface area contributed by atoms with Crippen LogP contribution in [0, 0.1) is 24.0 Å². The molecular formula is C23H25N3O2. The Morgan fingerprint density at radius 3 is 2.64 bits per heavy atom. The van der Waals surface area contributed by atoms with E-state index in [9.17, 15) is 10.1 Å². The van der Waals surface area contributed by atoms with Crippen molar-refractivity contribution in [1.29, 1.82) is 0 Å². The van der Waals surface area contributed by atoms with Crippen LogP contribution in [0.25, 0.3) is 0 Å². The normalized spacial score (nSPS) is 17.1. The summed E-state index contributed by atoms with van der Waals surface area (Å²) in [7, 11) is 0. The van der Waals surface area contributed by atoms with Crippen LogP contribution in [0.3, 0.4) is 0 Å². The zero-order valence-electron chi connectivity index (χ0n) is 16.3. The third kappa shape index (κ3) is 3.45. The summed E-state index contributed by atoms with van der Waals surface area (Å²) in [5.74, 6) is 0. The maximum Gasteiger partial charge on any atom is 0.273 e. The summed E-state index contributed by atoms with van der Waals surface area (Å²) < 4.78 is 2.32. The fraction of sp³-hybridized carbons (Fsp3) is 0.304. The van der Waals surface area contributed by atoms with Crippen molar-refractivity contribution in [2.45, 2.75) is 39.4 Å². The number of benzene rings is 2. The number of para-hydroxylation sites is 1. The molecule has 0 radical (unpaired) electrons. The molecule has 0 saturated heterocycles. The molecule has 0 spiro atoms. The van der Waals surface area contributed by atoms with Crippen LogP contribution >= 0.6 is 0 Å². The van der Waals surface area contributed by atoms with E-state index in [2.05, 4.69) is 59.8 Å². The molecule has 5 heteroatoms. The number of hydrogen-bond acceptors (Lipinski definition) is 3. The van der Waals surface area contributed by atoms with Gasteiger partial charge in [0.2, 0.25) is 0 Å². The molecule has 144 valence electrons. The molecule has 0 bridgehead atoms. The molecular weight excluding hydrogens is 350 g/mol. The van der Waals surface area contributed by atoms with Gasteiger partial charge in [-0.3, -0.25) is 15.0 Å². The van der Waals surface area contributed by atoms with E-state index >= 15 is 0 Å². The smallest absolute Gasteiger partial charge is 0.273 e. The molecule has 0 N–H and O–H groups in total. The van der Waals surface area contributed by atoms with E-state index in [-0.39, 0.29) is 16.7 Å². The SMILES string of the molecule is Cc1ccc([C@@H]2c3cccn3CCCN2Cc2ccccc2[N+](=O)[O-])cc1C. The molecule has 4 rings (SSSR count). The third-order valence-corrected chi connectivity index (χ3v) is 5.76. The Morgan fingerprint density at radius 1 is 1.04 bits per heavy atom. The van der Waals surface area contributed by atoms with Crippen LogP contribution in [0.4, 0.5) is 5.69 Å². The lowest BCUT2D eigenvalue weighted by Gasteiger charge is -2.31. The number of nitro benzene ring substituents is 1. The van der Waals surface area contributed by atoms with Gasteiger partial charge < -0.3 is 4.57 Å². The Bertz CT molecular complexity index is 1010. The fourth-order valence-corrected chi connectivity index (χ4v) is 4.17. The Labute approximate surface area is 165 Å². The molecule has 3 aromatic rings. The molecule has 1 aliphatic heterocycles. The lowest BCUT2D eigenvalue weighted by molar-refractivity contribution is -0.385. The highest BCUT2D eigenvalue weighted by molar-refractivity contribution is 5.41. The number of hydrogen-bond donors (Lipinski definition) is 0. The van der Waals surface area contributed by atoms with Crippen molar-refractivity contribution < 1.29 is 4.92 Å². The van der Waals surface area contributed by atoms with E-state index in [1.807, 2.05) is 12.1 Å². The van der Waals surface area contributed by atoms with Crippen LogP contribution in [-0.4, -0.2) is 20.9 Å². The van der Waals surface area contributed by atoms with Crippen molar-refractivity contribution in [3.63, 3.8) is 0 Å². The van der Waals surface area contributed by atoms with Gasteiger partial charge >= 0.3 is 0 Å². The Hall–Kier alpha value is -2.92. The number of aromatic nitrogens is 1. The predicted molar refractivity (Wildman–Crippen MR) is 110 cm³/mol. The van der Waals surface area contributed by atoms with Crippen molar-refractivity contribution >= 4 is 5.69 Å². The molecule has 0 amide bonds. The van der Waals surface area contributed by atoms with Crippen LogP contribution < -0.4 is 0 Å². The van der Waals surface area contributed by atoms with Crippen molar-refractivity contribution in [3.05, 3.63) is 98.9 Å². The van der Waals surface area contributed by atoms with E-state index in [0.717, 1.165) is 25.1 Å². The minimum Gasteiger partial charge on any atom is -0.350 e. The van der Waals surface area contributed by atoms with Crippen LogP contribution in [0.1, 0.15) is 40.4 Å². The molecule has 1 aromatic heterocycles. The first-order valence-corrected chi connectivity index (χ1v) is 9.73. The summed E-state index contributed by atoms with van der Waals surface area (Å²) in [5, 5.41) is 11.5. The number of fused-ring (bicyclic) bond motifs is 1. The highest BCUT2D eigenvalue weighted by Gasteiger charge is 2.29. The van der Waals surface area contributed by atoms with Gasteiger partial charge in [0.1, 0.15) is 0 Å². The summed E-state index contributed by atoms with van der Waals surface area (Å²) in [6.07, 6.45) is 3.15. The van der Waals surface area contributed by atoms with Gasteiger partial charge in [0.05, 0.1) is 11.0 Å². The summed E-state index contributed by atoms with van der Waals surface area (Å²) in [6, 6.07) is 18.1. The second-order valence-electron chi connectivity index (χ2n) is 7.58. The Kier molecular flexibility index (Phi) is 5.01. The molecule has 1 aliphatic rings. The van der Waals surface area contributed by atoms with E-state index in [0.29, 0.717) is 6.54 Å². The monoisotopic (exact) mass is 375 g/mol. The van der Waals surface area contributed by atoms with Crippen molar-refractivity contribution in [3.8, 4) is 0 Å². The second kappa shape index (κ2) is 7.60. The van der Waals surface area contributed by atoms with Gasteiger partial charge in [-0.05, 0) is 49.1 Å². The predicted octanol–water partition coefficient (Wildman–Crippen LogP) is 5.01. The van der Waals surface area contributed by atoms with Crippen molar-refractivity contribution in [1.82, 2.24) is 9.47 Å². The van der Waals surface area contributed by atoms with Gasteiger partial charge in [-0.15, -0.1) is 0 Å². The lowest BCUT2D eigenvalue weighted by atomic mass is 9.97. The molecule has 2 aromatic carbocycles. The highest BCUT2D eigenvalue weighted by atomic mass is 16.6. The first-order chi connectivity index (χ1) is 13.5. The maximum absolute atomic E-state index is 11.5. The first-order valence-electron chi connectivity index (χ1n) is 9.73. The Morgan fingerprint density at radius 2 is 1.86 bits per heavy atom. The quantitative estimate of drug-likeness (QED) is 0.476. The molecule has 1 atom stereocenters. The van der Waals surface area contributed by atoms with Gasteiger partial charge in [-0.2, -0.15) is 0 Å². The minimum absolute atomic E-state index is 0.0802. The minimum atomic E-state index is -0.277. The third-order valence-electron chi connectivity index (χ3n) is 5.76. The Balaban J connectivity index is 1.78. The maximum atomic E-state index is 11.5. The molecule has 0 aliphatic carbocycles. The van der Waals surface area contributed by atoms with Gasteiger partial charge in [0, 0.05) is 43.2 Å². The number of nitrogens with zero attached hydrogens (tertiary/aromatic N) is 3. The molecule has 0 saturated carbocycles. The first kappa shape index (κ1) is 18.4. The molecule has 0 fully saturated rings. The van der Waals surface area contributed by atoms with Gasteiger partial charge in [0.15, 0.2) is 0 Å². The largest absolute Gasteiger partial charge is 0.350 e. The van der Waals surface area contributed by atoms with E-state index < -0.39 is 0 Å². The number of nitro groups is 1. The summed E-state index contributed by atoms with van der Waals surface area (Å²) >= 11 is 0. The zero-order valence-corrected chi connectivity index (χ0v) is 16.3. The molecule has 28 heavy (non-hydrogen) atoms. The second-order valence-corrected chi connectivity index (χ2v) is 7.58. The van der Waals surface area contributed by atoms with Crippen LogP contribution in [0.2, 0.25) is 0 Å². The zero-order chi connectivity index (χ0) is 19.7. The van der Waals surface area contributed by atoms with Crippen LogP contribution in [0.5, 0.6) is 0 Å².